The molecule has 3 aromatic rings. The van der Waals surface area contributed by atoms with Crippen LogP contribution >= 0.6 is 0 Å². The fourth-order valence-corrected chi connectivity index (χ4v) is 5.07. The van der Waals surface area contributed by atoms with Crippen molar-refractivity contribution >= 4 is 23.6 Å². The first kappa shape index (κ1) is 31.3. The Hall–Kier alpha value is -4.66. The van der Waals surface area contributed by atoms with Crippen molar-refractivity contribution in [2.75, 3.05) is 20.2 Å². The number of carbonyl (C=O) groups is 4. The number of aryl methyl sites for hydroxylation is 1. The predicted molar refractivity (Wildman–Crippen MR) is 165 cm³/mol. The number of amides is 4. The Morgan fingerprint density at radius 3 is 2.28 bits per heavy atom. The lowest BCUT2D eigenvalue weighted by molar-refractivity contribution is -0.137. The third kappa shape index (κ3) is 9.16. The molecule has 1 aliphatic heterocycles. The Kier molecular flexibility index (Phi) is 11.3. The van der Waals surface area contributed by atoms with Gasteiger partial charge in [-0.25, -0.2) is 0 Å². The van der Waals surface area contributed by atoms with Crippen LogP contribution in [0, 0.1) is 0 Å². The van der Waals surface area contributed by atoms with Gasteiger partial charge in [-0.15, -0.1) is 0 Å². The summed E-state index contributed by atoms with van der Waals surface area (Å²) in [5, 5.41) is 8.47. The van der Waals surface area contributed by atoms with E-state index in [2.05, 4.69) is 16.0 Å². The Balaban J connectivity index is 1.52. The Bertz CT molecular complexity index is 1380. The van der Waals surface area contributed by atoms with E-state index in [9.17, 15) is 19.2 Å². The fourth-order valence-electron chi connectivity index (χ4n) is 5.07. The zero-order chi connectivity index (χ0) is 30.6. The van der Waals surface area contributed by atoms with Gasteiger partial charge in [0.05, 0.1) is 11.6 Å². The Labute approximate surface area is 253 Å². The molecule has 1 aliphatic rings. The predicted octanol–water partition coefficient (Wildman–Crippen LogP) is 3.28. The third-order valence-corrected chi connectivity index (χ3v) is 7.59. The number of ether oxygens (including phenoxy) is 1. The topological polar surface area (TPSA) is 117 Å². The molecule has 0 radical (unpaired) electrons. The van der Waals surface area contributed by atoms with E-state index in [-0.39, 0.29) is 48.8 Å². The molecule has 226 valence electrons. The van der Waals surface area contributed by atoms with Crippen molar-refractivity contribution in [2.24, 2.45) is 0 Å². The van der Waals surface area contributed by atoms with E-state index in [4.69, 9.17) is 4.74 Å². The first-order chi connectivity index (χ1) is 20.8. The summed E-state index contributed by atoms with van der Waals surface area (Å²) >= 11 is 0. The highest BCUT2D eigenvalue weighted by Crippen LogP contribution is 2.20. The van der Waals surface area contributed by atoms with Crippen molar-refractivity contribution in [1.29, 1.82) is 0 Å². The monoisotopic (exact) mass is 584 g/mol. The minimum atomic E-state index is -0.951. The number of nitrogens with one attached hydrogen (secondary N) is 3. The quantitative estimate of drug-likeness (QED) is 0.369. The van der Waals surface area contributed by atoms with Crippen LogP contribution in [0.2, 0.25) is 0 Å². The zero-order valence-electron chi connectivity index (χ0n) is 24.8. The summed E-state index contributed by atoms with van der Waals surface area (Å²) in [6.45, 7) is 2.18. The summed E-state index contributed by atoms with van der Waals surface area (Å²) in [6, 6.07) is 24.4. The summed E-state index contributed by atoms with van der Waals surface area (Å²) in [5.41, 5.74) is 2.46. The van der Waals surface area contributed by atoms with E-state index >= 15 is 0 Å². The summed E-state index contributed by atoms with van der Waals surface area (Å²) < 4.78 is 6.17. The van der Waals surface area contributed by atoms with E-state index in [1.165, 1.54) is 5.56 Å². The van der Waals surface area contributed by atoms with Crippen molar-refractivity contribution in [2.45, 2.75) is 57.2 Å². The van der Waals surface area contributed by atoms with Gasteiger partial charge in [-0.2, -0.15) is 0 Å². The first-order valence-electron chi connectivity index (χ1n) is 14.8. The van der Waals surface area contributed by atoms with Gasteiger partial charge in [0.2, 0.25) is 17.7 Å². The average molecular weight is 585 g/mol. The van der Waals surface area contributed by atoms with Crippen LogP contribution < -0.4 is 20.7 Å². The minimum Gasteiger partial charge on any atom is -0.491 e. The van der Waals surface area contributed by atoms with Gasteiger partial charge >= 0.3 is 0 Å². The number of carbonyl (C=O) groups excluding carboxylic acids is 4. The third-order valence-electron chi connectivity index (χ3n) is 7.59. The van der Waals surface area contributed by atoms with Crippen molar-refractivity contribution in [1.82, 2.24) is 20.9 Å². The van der Waals surface area contributed by atoms with Crippen LogP contribution in [-0.2, 0) is 27.2 Å². The molecule has 0 bridgehead atoms. The number of rotatable bonds is 7. The van der Waals surface area contributed by atoms with E-state index < -0.39 is 18.0 Å². The number of nitrogens with zero attached hydrogens (tertiary/aromatic N) is 1. The molecule has 0 spiro atoms. The van der Waals surface area contributed by atoms with Gasteiger partial charge in [-0.05, 0) is 55.9 Å². The molecule has 0 aliphatic carbocycles. The molecule has 4 amide bonds. The molecule has 9 heteroatoms. The SMILES string of the molecule is C[C@@H]1NC(=O)CC[C@@H](C(=O)NCCCc2ccccc2)NC(=O)c2ccccc2OC[C@@H](Cc2ccccc2)N(C)C1=O. The summed E-state index contributed by atoms with van der Waals surface area (Å²) in [5.74, 6) is -1.14. The van der Waals surface area contributed by atoms with Crippen LogP contribution in [0.4, 0.5) is 0 Å². The maximum absolute atomic E-state index is 13.5. The van der Waals surface area contributed by atoms with Crippen LogP contribution in [0.25, 0.3) is 0 Å². The van der Waals surface area contributed by atoms with E-state index in [1.807, 2.05) is 60.7 Å². The van der Waals surface area contributed by atoms with Crippen molar-refractivity contribution < 1.29 is 23.9 Å². The molecule has 0 saturated carbocycles. The number of fused-ring (bicyclic) bond motifs is 1. The van der Waals surface area contributed by atoms with Gasteiger partial charge in [0.1, 0.15) is 24.4 Å². The highest BCUT2D eigenvalue weighted by molar-refractivity contribution is 5.99. The second-order valence-electron chi connectivity index (χ2n) is 10.8. The maximum atomic E-state index is 13.5. The van der Waals surface area contributed by atoms with E-state index in [0.29, 0.717) is 18.7 Å². The number of para-hydroxylation sites is 1. The van der Waals surface area contributed by atoms with Crippen LogP contribution in [0.3, 0.4) is 0 Å². The normalized spacial score (nSPS) is 20.0. The number of hydrogen-bond acceptors (Lipinski definition) is 5. The molecule has 0 fully saturated rings. The molecule has 43 heavy (non-hydrogen) atoms. The molecular formula is C34H40N4O5. The summed E-state index contributed by atoms with van der Waals surface area (Å²) in [7, 11) is 1.69. The molecular weight excluding hydrogens is 544 g/mol. The van der Waals surface area contributed by atoms with Gasteiger partial charge < -0.3 is 25.6 Å². The Morgan fingerprint density at radius 2 is 1.56 bits per heavy atom. The summed E-state index contributed by atoms with van der Waals surface area (Å²) in [6.07, 6.45) is 2.07. The molecule has 0 aromatic heterocycles. The highest BCUT2D eigenvalue weighted by Gasteiger charge is 2.29. The van der Waals surface area contributed by atoms with Gasteiger partial charge in [-0.1, -0.05) is 72.8 Å². The van der Waals surface area contributed by atoms with E-state index in [0.717, 1.165) is 18.4 Å². The number of hydrogen-bond donors (Lipinski definition) is 3. The molecule has 3 N–H and O–H groups in total. The van der Waals surface area contributed by atoms with Crippen molar-refractivity contribution in [3.05, 3.63) is 102 Å². The summed E-state index contributed by atoms with van der Waals surface area (Å²) in [4.78, 5) is 54.5. The van der Waals surface area contributed by atoms with E-state index in [1.54, 1.807) is 43.1 Å². The second-order valence-corrected chi connectivity index (χ2v) is 10.8. The van der Waals surface area contributed by atoms with Crippen molar-refractivity contribution in [3.8, 4) is 5.75 Å². The largest absolute Gasteiger partial charge is 0.491 e. The molecule has 4 rings (SSSR count). The van der Waals surface area contributed by atoms with Crippen LogP contribution in [-0.4, -0.2) is 66.9 Å². The number of likely N-dealkylation sites (N-methyl/N-ethyl adjacent to an activating group) is 1. The molecule has 3 aromatic carbocycles. The fraction of sp³-hybridized carbons (Fsp3) is 0.353. The first-order valence-corrected chi connectivity index (χ1v) is 14.8. The molecule has 0 unspecified atom stereocenters. The van der Waals surface area contributed by atoms with Gasteiger partial charge in [0, 0.05) is 20.0 Å². The molecule has 9 nitrogen and oxygen atoms in total. The lowest BCUT2D eigenvalue weighted by atomic mass is 10.0. The number of benzene rings is 3. The maximum Gasteiger partial charge on any atom is 0.255 e. The van der Waals surface area contributed by atoms with Gasteiger partial charge in [-0.3, -0.25) is 19.2 Å². The molecule has 0 saturated heterocycles. The van der Waals surface area contributed by atoms with Crippen LogP contribution in [0.1, 0.15) is 47.7 Å². The second kappa shape index (κ2) is 15.5. The van der Waals surface area contributed by atoms with Gasteiger partial charge in [0.15, 0.2) is 0 Å². The Morgan fingerprint density at radius 1 is 0.907 bits per heavy atom. The average Bonchev–Trinajstić information content (AvgIpc) is 3.03. The lowest BCUT2D eigenvalue weighted by Gasteiger charge is -2.31. The highest BCUT2D eigenvalue weighted by atomic mass is 16.5. The molecule has 1 heterocycles. The standard InChI is InChI=1S/C34H40N4O5/c1-24-34(42)38(2)27(22-26-14-7-4-8-15-26)23-43-30-18-10-9-17-28(30)32(40)37-29(19-20-31(39)36-24)33(41)35-21-11-16-25-12-5-3-6-13-25/h3-10,12-15,17-18,24,27,29H,11,16,19-23H2,1-2H3,(H,35,41)(H,36,39)(H,37,40)/t24-,27+,29-/m0/s1. The van der Waals surface area contributed by atoms with Crippen LogP contribution in [0.5, 0.6) is 5.75 Å². The smallest absolute Gasteiger partial charge is 0.255 e. The minimum absolute atomic E-state index is 0.0463. The van der Waals surface area contributed by atoms with Crippen LogP contribution in [0.15, 0.2) is 84.9 Å². The zero-order valence-corrected chi connectivity index (χ0v) is 24.8. The van der Waals surface area contributed by atoms with Crippen molar-refractivity contribution in [3.63, 3.8) is 0 Å². The molecule has 3 atom stereocenters. The van der Waals surface area contributed by atoms with Gasteiger partial charge in [0.25, 0.3) is 5.91 Å². The lowest BCUT2D eigenvalue weighted by Crippen LogP contribution is -2.51.